The Bertz CT molecular complexity index is 510. The summed E-state index contributed by atoms with van der Waals surface area (Å²) >= 11 is 1.74. The van der Waals surface area contributed by atoms with Crippen molar-refractivity contribution in [1.29, 1.82) is 0 Å². The molecule has 17 heavy (non-hydrogen) atoms. The monoisotopic (exact) mass is 245 g/mol. The Morgan fingerprint density at radius 1 is 1.35 bits per heavy atom. The lowest BCUT2D eigenvalue weighted by Crippen LogP contribution is -2.30. The van der Waals surface area contributed by atoms with Gasteiger partial charge >= 0.3 is 0 Å². The first-order valence-electron chi connectivity index (χ1n) is 5.80. The number of ether oxygens (including phenoxy) is 1. The van der Waals surface area contributed by atoms with Crippen LogP contribution in [0.1, 0.15) is 22.0 Å². The average molecular weight is 245 g/mol. The van der Waals surface area contributed by atoms with Crippen LogP contribution in [0, 0.1) is 6.92 Å². The zero-order valence-corrected chi connectivity index (χ0v) is 10.5. The maximum Gasteiger partial charge on any atom is 0.123 e. The third-order valence-electron chi connectivity index (χ3n) is 3.33. The number of benzene rings is 1. The van der Waals surface area contributed by atoms with Gasteiger partial charge in [-0.1, -0.05) is 18.2 Å². The van der Waals surface area contributed by atoms with E-state index in [9.17, 15) is 0 Å². The van der Waals surface area contributed by atoms with Gasteiger partial charge in [0.2, 0.25) is 0 Å². The van der Waals surface area contributed by atoms with E-state index in [4.69, 9.17) is 10.5 Å². The Balaban J connectivity index is 1.83. The Kier molecular flexibility index (Phi) is 2.65. The summed E-state index contributed by atoms with van der Waals surface area (Å²) < 4.78 is 5.93. The Hall–Kier alpha value is -1.32. The minimum atomic E-state index is -0.0337. The van der Waals surface area contributed by atoms with Gasteiger partial charge < -0.3 is 10.5 Å². The van der Waals surface area contributed by atoms with Crippen molar-refractivity contribution < 1.29 is 4.74 Å². The van der Waals surface area contributed by atoms with Crippen LogP contribution in [0.4, 0.5) is 0 Å². The SMILES string of the molecule is Cc1sccc1C(N)C1Cc2ccccc2O1. The van der Waals surface area contributed by atoms with Gasteiger partial charge in [-0.2, -0.15) is 0 Å². The number of hydrogen-bond acceptors (Lipinski definition) is 3. The molecule has 2 atom stereocenters. The lowest BCUT2D eigenvalue weighted by atomic mass is 9.99. The average Bonchev–Trinajstić information content (AvgIpc) is 2.93. The maximum atomic E-state index is 6.31. The summed E-state index contributed by atoms with van der Waals surface area (Å²) in [5.74, 6) is 0.987. The molecule has 0 aliphatic carbocycles. The third-order valence-corrected chi connectivity index (χ3v) is 4.19. The summed E-state index contributed by atoms with van der Waals surface area (Å²) in [6.45, 7) is 2.11. The van der Waals surface area contributed by atoms with E-state index < -0.39 is 0 Å². The standard InChI is InChI=1S/C14H15NOS/c1-9-11(6-7-17-9)14(15)13-8-10-4-2-3-5-12(10)16-13/h2-7,13-14H,8,15H2,1H3. The summed E-state index contributed by atoms with van der Waals surface area (Å²) in [7, 11) is 0. The van der Waals surface area contributed by atoms with Crippen molar-refractivity contribution in [3.05, 3.63) is 51.7 Å². The molecule has 0 spiro atoms. The molecule has 2 N–H and O–H groups in total. The van der Waals surface area contributed by atoms with E-state index in [0.29, 0.717) is 0 Å². The van der Waals surface area contributed by atoms with Crippen molar-refractivity contribution in [2.75, 3.05) is 0 Å². The third kappa shape index (κ3) is 1.85. The van der Waals surface area contributed by atoms with Gasteiger partial charge in [0.05, 0.1) is 6.04 Å². The van der Waals surface area contributed by atoms with Crippen LogP contribution in [0.3, 0.4) is 0 Å². The number of hydrogen-bond donors (Lipinski definition) is 1. The molecule has 2 unspecified atom stereocenters. The van der Waals surface area contributed by atoms with Crippen molar-refractivity contribution in [3.8, 4) is 5.75 Å². The van der Waals surface area contributed by atoms with Gasteiger partial charge in [-0.15, -0.1) is 11.3 Å². The van der Waals surface area contributed by atoms with E-state index in [-0.39, 0.29) is 12.1 Å². The molecule has 2 aromatic rings. The molecule has 1 aliphatic rings. The van der Waals surface area contributed by atoms with Gasteiger partial charge in [-0.25, -0.2) is 0 Å². The predicted molar refractivity (Wildman–Crippen MR) is 70.5 cm³/mol. The molecule has 0 saturated heterocycles. The Morgan fingerprint density at radius 3 is 2.88 bits per heavy atom. The number of nitrogens with two attached hydrogens (primary N) is 1. The van der Waals surface area contributed by atoms with Crippen LogP contribution in [-0.4, -0.2) is 6.10 Å². The van der Waals surface area contributed by atoms with Crippen LogP contribution in [0.25, 0.3) is 0 Å². The summed E-state index contributed by atoms with van der Waals surface area (Å²) in [4.78, 5) is 1.29. The molecule has 0 saturated carbocycles. The fourth-order valence-electron chi connectivity index (χ4n) is 2.35. The number of thiophene rings is 1. The van der Waals surface area contributed by atoms with Crippen LogP contribution >= 0.6 is 11.3 Å². The molecule has 88 valence electrons. The predicted octanol–water partition coefficient (Wildman–Crippen LogP) is 3.06. The van der Waals surface area contributed by atoms with Crippen LogP contribution in [0.15, 0.2) is 35.7 Å². The second kappa shape index (κ2) is 4.17. The molecule has 0 bridgehead atoms. The largest absolute Gasteiger partial charge is 0.488 e. The molecule has 3 heteroatoms. The van der Waals surface area contributed by atoms with Gasteiger partial charge in [-0.3, -0.25) is 0 Å². The molecule has 3 rings (SSSR count). The van der Waals surface area contributed by atoms with Crippen LogP contribution < -0.4 is 10.5 Å². The molecule has 1 aliphatic heterocycles. The van der Waals surface area contributed by atoms with Crippen molar-refractivity contribution in [1.82, 2.24) is 0 Å². The van der Waals surface area contributed by atoms with Gasteiger partial charge in [0, 0.05) is 11.3 Å². The van der Waals surface area contributed by atoms with E-state index >= 15 is 0 Å². The number of fused-ring (bicyclic) bond motifs is 1. The summed E-state index contributed by atoms with van der Waals surface area (Å²) in [6.07, 6.45) is 0.979. The highest BCUT2D eigenvalue weighted by molar-refractivity contribution is 7.10. The molecule has 2 heterocycles. The highest BCUT2D eigenvalue weighted by Gasteiger charge is 2.29. The highest BCUT2D eigenvalue weighted by Crippen LogP contribution is 2.34. The summed E-state index contributed by atoms with van der Waals surface area (Å²) in [6, 6.07) is 10.3. The number of para-hydroxylation sites is 1. The molecule has 0 fully saturated rings. The van der Waals surface area contributed by atoms with E-state index in [1.54, 1.807) is 11.3 Å². The fourth-order valence-corrected chi connectivity index (χ4v) is 3.11. The van der Waals surface area contributed by atoms with Gasteiger partial charge in [0.15, 0.2) is 0 Å². The van der Waals surface area contributed by atoms with E-state index in [1.165, 1.54) is 16.0 Å². The van der Waals surface area contributed by atoms with E-state index in [2.05, 4.69) is 24.4 Å². The second-order valence-electron chi connectivity index (χ2n) is 4.43. The van der Waals surface area contributed by atoms with Crippen LogP contribution in [0.2, 0.25) is 0 Å². The molecule has 2 nitrogen and oxygen atoms in total. The lowest BCUT2D eigenvalue weighted by molar-refractivity contribution is 0.199. The van der Waals surface area contributed by atoms with Crippen LogP contribution in [-0.2, 0) is 6.42 Å². The first kappa shape index (κ1) is 10.8. The molecule has 1 aromatic heterocycles. The maximum absolute atomic E-state index is 6.31. The molecule has 0 radical (unpaired) electrons. The zero-order chi connectivity index (χ0) is 11.8. The normalized spacial score (nSPS) is 19.8. The fraction of sp³-hybridized carbons (Fsp3) is 0.286. The first-order valence-corrected chi connectivity index (χ1v) is 6.68. The van der Waals surface area contributed by atoms with Gasteiger partial charge in [0.1, 0.15) is 11.9 Å². The molecular weight excluding hydrogens is 230 g/mol. The minimum Gasteiger partial charge on any atom is -0.488 e. The highest BCUT2D eigenvalue weighted by atomic mass is 32.1. The Morgan fingerprint density at radius 2 is 2.18 bits per heavy atom. The van der Waals surface area contributed by atoms with Crippen molar-refractivity contribution in [2.24, 2.45) is 5.73 Å². The summed E-state index contributed by atoms with van der Waals surface area (Å²) in [5.41, 5.74) is 8.79. The molecule has 1 aromatic carbocycles. The second-order valence-corrected chi connectivity index (χ2v) is 5.55. The van der Waals surface area contributed by atoms with Crippen molar-refractivity contribution in [2.45, 2.75) is 25.5 Å². The molecular formula is C14H15NOS. The van der Waals surface area contributed by atoms with Gasteiger partial charge in [0.25, 0.3) is 0 Å². The lowest BCUT2D eigenvalue weighted by Gasteiger charge is -2.19. The summed E-state index contributed by atoms with van der Waals surface area (Å²) in [5, 5.41) is 2.09. The molecule has 0 amide bonds. The van der Waals surface area contributed by atoms with E-state index in [1.807, 2.05) is 18.2 Å². The Labute approximate surface area is 105 Å². The van der Waals surface area contributed by atoms with Crippen molar-refractivity contribution in [3.63, 3.8) is 0 Å². The van der Waals surface area contributed by atoms with E-state index in [0.717, 1.165) is 12.2 Å². The minimum absolute atomic E-state index is 0.0337. The quantitative estimate of drug-likeness (QED) is 0.882. The zero-order valence-electron chi connectivity index (χ0n) is 9.72. The van der Waals surface area contributed by atoms with Gasteiger partial charge in [-0.05, 0) is 35.6 Å². The number of rotatable bonds is 2. The van der Waals surface area contributed by atoms with Crippen molar-refractivity contribution >= 4 is 11.3 Å². The number of aryl methyl sites for hydroxylation is 1. The first-order chi connectivity index (χ1) is 8.25. The van der Waals surface area contributed by atoms with Crippen LogP contribution in [0.5, 0.6) is 5.75 Å². The topological polar surface area (TPSA) is 35.2 Å². The smallest absolute Gasteiger partial charge is 0.123 e.